The third-order valence-electron chi connectivity index (χ3n) is 1.79. The highest BCUT2D eigenvalue weighted by Crippen LogP contribution is 2.27. The third kappa shape index (κ3) is 2.80. The van der Waals surface area contributed by atoms with Crippen molar-refractivity contribution >= 4 is 33.2 Å². The maximum Gasteiger partial charge on any atom is 0.253 e. The van der Waals surface area contributed by atoms with Gasteiger partial charge in [0.1, 0.15) is 0 Å². The van der Waals surface area contributed by atoms with Gasteiger partial charge in [-0.2, -0.15) is 0 Å². The van der Waals surface area contributed by atoms with Gasteiger partial charge in [-0.15, -0.1) is 11.3 Å². The van der Waals surface area contributed by atoms with Crippen LogP contribution in [0.4, 0.5) is 0 Å². The molecule has 3 N–H and O–H groups in total. The highest BCUT2D eigenvalue weighted by atomic mass is 79.9. The maximum atomic E-state index is 11.7. The monoisotopic (exact) mass is 276 g/mol. The van der Waals surface area contributed by atoms with Crippen molar-refractivity contribution in [2.75, 3.05) is 6.54 Å². The summed E-state index contributed by atoms with van der Waals surface area (Å²) in [6, 6.07) is 1.88. The van der Waals surface area contributed by atoms with E-state index in [4.69, 9.17) is 5.73 Å². The molecular formula is C9H13BrN2OS. The van der Waals surface area contributed by atoms with Crippen molar-refractivity contribution < 1.29 is 4.79 Å². The fraction of sp³-hybridized carbons (Fsp3) is 0.444. The summed E-state index contributed by atoms with van der Waals surface area (Å²) < 4.78 is 0.872. The molecule has 5 heteroatoms. The molecule has 1 amide bonds. The van der Waals surface area contributed by atoms with E-state index in [9.17, 15) is 4.79 Å². The van der Waals surface area contributed by atoms with Crippen LogP contribution in [0.25, 0.3) is 0 Å². The first-order valence-electron chi connectivity index (χ1n) is 4.31. The first kappa shape index (κ1) is 11.7. The van der Waals surface area contributed by atoms with Crippen LogP contribution in [0.15, 0.2) is 9.85 Å². The number of carbonyl (C=O) groups excluding carboxylic acids is 1. The summed E-state index contributed by atoms with van der Waals surface area (Å²) in [5.74, 6) is -0.0702. The Kier molecular flexibility index (Phi) is 4.10. The van der Waals surface area contributed by atoms with Crippen LogP contribution in [0.3, 0.4) is 0 Å². The smallest absolute Gasteiger partial charge is 0.253 e. The van der Waals surface area contributed by atoms with Gasteiger partial charge in [0.05, 0.1) is 9.35 Å². The van der Waals surface area contributed by atoms with Crippen molar-refractivity contribution in [1.82, 2.24) is 5.32 Å². The molecule has 3 nitrogen and oxygen atoms in total. The van der Waals surface area contributed by atoms with Crippen LogP contribution in [0.1, 0.15) is 22.2 Å². The summed E-state index contributed by atoms with van der Waals surface area (Å²) in [7, 11) is 0. The Morgan fingerprint density at radius 2 is 2.43 bits per heavy atom. The van der Waals surface area contributed by atoms with Gasteiger partial charge in [-0.3, -0.25) is 4.79 Å². The highest BCUT2D eigenvalue weighted by molar-refractivity contribution is 9.11. The molecule has 78 valence electrons. The molecule has 0 aliphatic heterocycles. The van der Waals surface area contributed by atoms with Gasteiger partial charge in [0.25, 0.3) is 5.91 Å². The molecule has 1 aromatic rings. The lowest BCUT2D eigenvalue weighted by molar-refractivity contribution is 0.0941. The predicted molar refractivity (Wildman–Crippen MR) is 62.7 cm³/mol. The zero-order valence-corrected chi connectivity index (χ0v) is 10.5. The number of rotatable bonds is 3. The summed E-state index contributed by atoms with van der Waals surface area (Å²) >= 11 is 4.91. The van der Waals surface area contributed by atoms with Crippen LogP contribution in [0.5, 0.6) is 0 Å². The van der Waals surface area contributed by atoms with E-state index in [1.807, 2.05) is 19.9 Å². The Morgan fingerprint density at radius 3 is 2.86 bits per heavy atom. The molecule has 0 spiro atoms. The number of amides is 1. The van der Waals surface area contributed by atoms with Crippen molar-refractivity contribution in [2.24, 2.45) is 5.73 Å². The first-order chi connectivity index (χ1) is 6.54. The van der Waals surface area contributed by atoms with Gasteiger partial charge < -0.3 is 11.1 Å². The molecule has 0 radical (unpaired) electrons. The van der Waals surface area contributed by atoms with E-state index < -0.39 is 0 Å². The molecule has 0 saturated heterocycles. The molecule has 14 heavy (non-hydrogen) atoms. The third-order valence-corrected chi connectivity index (χ3v) is 3.54. The van der Waals surface area contributed by atoms with Crippen LogP contribution in [0, 0.1) is 6.92 Å². The van der Waals surface area contributed by atoms with Crippen molar-refractivity contribution in [3.8, 4) is 0 Å². The van der Waals surface area contributed by atoms with Gasteiger partial charge >= 0.3 is 0 Å². The second kappa shape index (κ2) is 4.91. The van der Waals surface area contributed by atoms with Gasteiger partial charge in [0.15, 0.2) is 0 Å². The van der Waals surface area contributed by atoms with Gasteiger partial charge in [0.2, 0.25) is 0 Å². The summed E-state index contributed by atoms with van der Waals surface area (Å²) in [6.07, 6.45) is 0. The minimum atomic E-state index is -0.0702. The summed E-state index contributed by atoms with van der Waals surface area (Å²) in [6.45, 7) is 4.30. The van der Waals surface area contributed by atoms with Crippen molar-refractivity contribution in [3.63, 3.8) is 0 Å². The maximum absolute atomic E-state index is 11.7. The molecular weight excluding hydrogens is 264 g/mol. The van der Waals surface area contributed by atoms with Crippen LogP contribution in [0.2, 0.25) is 0 Å². The van der Waals surface area contributed by atoms with E-state index in [2.05, 4.69) is 21.2 Å². The topological polar surface area (TPSA) is 55.1 Å². The summed E-state index contributed by atoms with van der Waals surface area (Å²) in [5.41, 5.74) is 6.11. The number of hydrogen-bond acceptors (Lipinski definition) is 3. The van der Waals surface area contributed by atoms with E-state index in [0.717, 1.165) is 8.66 Å². The lowest BCUT2D eigenvalue weighted by Crippen LogP contribution is -2.37. The van der Waals surface area contributed by atoms with Crippen molar-refractivity contribution in [3.05, 3.63) is 20.3 Å². The normalized spacial score (nSPS) is 12.6. The van der Waals surface area contributed by atoms with E-state index in [-0.39, 0.29) is 11.9 Å². The Labute approximate surface area is 95.8 Å². The minimum Gasteiger partial charge on any atom is -0.348 e. The van der Waals surface area contributed by atoms with Crippen molar-refractivity contribution in [2.45, 2.75) is 19.9 Å². The van der Waals surface area contributed by atoms with Crippen molar-refractivity contribution in [1.29, 1.82) is 0 Å². The quantitative estimate of drug-likeness (QED) is 0.886. The molecule has 0 unspecified atom stereocenters. The molecule has 0 saturated carbocycles. The van der Waals surface area contributed by atoms with Crippen LogP contribution >= 0.6 is 27.3 Å². The lowest BCUT2D eigenvalue weighted by Gasteiger charge is -2.10. The number of hydrogen-bond donors (Lipinski definition) is 2. The fourth-order valence-corrected chi connectivity index (χ4v) is 2.78. The predicted octanol–water partition coefficient (Wildman–Crippen LogP) is 1.90. The Balaban J connectivity index is 2.74. The Morgan fingerprint density at radius 1 is 1.79 bits per heavy atom. The molecule has 1 heterocycles. The Bertz CT molecular complexity index is 338. The van der Waals surface area contributed by atoms with E-state index in [0.29, 0.717) is 12.1 Å². The van der Waals surface area contributed by atoms with E-state index in [1.165, 1.54) is 0 Å². The van der Waals surface area contributed by atoms with E-state index in [1.54, 1.807) is 11.3 Å². The first-order valence-corrected chi connectivity index (χ1v) is 5.92. The zero-order chi connectivity index (χ0) is 10.7. The average molecular weight is 277 g/mol. The van der Waals surface area contributed by atoms with Crippen LogP contribution in [-0.2, 0) is 0 Å². The lowest BCUT2D eigenvalue weighted by atomic mass is 10.2. The summed E-state index contributed by atoms with van der Waals surface area (Å²) in [4.78, 5) is 12.8. The molecule has 0 bridgehead atoms. The number of halogens is 1. The number of thiophene rings is 1. The van der Waals surface area contributed by atoms with Crippen LogP contribution in [-0.4, -0.2) is 18.5 Å². The Hall–Kier alpha value is -0.390. The molecule has 0 aromatic carbocycles. The zero-order valence-electron chi connectivity index (χ0n) is 8.13. The number of nitrogens with one attached hydrogen (secondary N) is 1. The number of carbonyl (C=O) groups is 1. The van der Waals surface area contributed by atoms with Gasteiger partial charge in [-0.1, -0.05) is 0 Å². The van der Waals surface area contributed by atoms with Gasteiger partial charge in [-0.05, 0) is 35.8 Å². The standard InChI is InChI=1S/C9H13BrN2OS/c1-5(4-11)12-9(13)7-3-6(2)14-8(7)10/h3,5H,4,11H2,1-2H3,(H,12,13)/t5-/m0/s1. The molecule has 0 aliphatic rings. The number of nitrogens with two attached hydrogens (primary N) is 1. The van der Waals surface area contributed by atoms with E-state index >= 15 is 0 Å². The molecule has 1 atom stereocenters. The molecule has 0 fully saturated rings. The van der Waals surface area contributed by atoms with Crippen LogP contribution < -0.4 is 11.1 Å². The molecule has 1 aromatic heterocycles. The second-order valence-electron chi connectivity index (χ2n) is 3.15. The van der Waals surface area contributed by atoms with Gasteiger partial charge in [0, 0.05) is 17.5 Å². The molecule has 1 rings (SSSR count). The SMILES string of the molecule is Cc1cc(C(=O)N[C@@H](C)CN)c(Br)s1. The fourth-order valence-electron chi connectivity index (χ4n) is 1.00. The number of aryl methyl sites for hydroxylation is 1. The average Bonchev–Trinajstić information content (AvgIpc) is 2.45. The molecule has 0 aliphatic carbocycles. The largest absolute Gasteiger partial charge is 0.348 e. The summed E-state index contributed by atoms with van der Waals surface area (Å²) in [5, 5.41) is 2.81. The second-order valence-corrected chi connectivity index (χ2v) is 5.73. The minimum absolute atomic E-state index is 0.00889. The van der Waals surface area contributed by atoms with Gasteiger partial charge in [-0.25, -0.2) is 0 Å². The highest BCUT2D eigenvalue weighted by Gasteiger charge is 2.14.